The monoisotopic (exact) mass is 131 g/mol. The fourth-order valence-electron chi connectivity index (χ4n) is 0.973. The Bertz CT molecular complexity index is 160. The molecule has 0 bridgehead atoms. The molecule has 1 aliphatic carbocycles. The maximum absolute atomic E-state index is 12.0. The zero-order chi connectivity index (χ0) is 7.12. The van der Waals surface area contributed by atoms with Gasteiger partial charge >= 0.3 is 0 Å². The molecule has 0 heterocycles. The topological polar surface area (TPSA) is 26.0 Å². The summed E-state index contributed by atoms with van der Waals surface area (Å²) in [6.45, 7) is 0. The quantitative estimate of drug-likeness (QED) is 0.482. The van der Waals surface area contributed by atoms with Crippen LogP contribution in [0.5, 0.6) is 0 Å². The van der Waals surface area contributed by atoms with Gasteiger partial charge < -0.3 is 5.73 Å². The minimum absolute atomic E-state index is 0.365. The molecule has 0 amide bonds. The number of hydrogen-bond donors (Lipinski definition) is 1. The molecule has 0 spiro atoms. The molecule has 3 heteroatoms. The van der Waals surface area contributed by atoms with Crippen LogP contribution in [0.4, 0.5) is 8.78 Å². The summed E-state index contributed by atoms with van der Waals surface area (Å²) >= 11 is 0. The van der Waals surface area contributed by atoms with Crippen molar-refractivity contribution in [2.24, 2.45) is 5.73 Å². The number of alkyl halides is 2. The lowest BCUT2D eigenvalue weighted by Gasteiger charge is -2.40. The lowest BCUT2D eigenvalue weighted by Crippen LogP contribution is -2.57. The summed E-state index contributed by atoms with van der Waals surface area (Å²) in [4.78, 5) is 0. The Hall–Kier alpha value is -0.620. The van der Waals surface area contributed by atoms with Crippen LogP contribution >= 0.6 is 0 Å². The third-order valence-corrected chi connectivity index (χ3v) is 1.44. The molecule has 0 aromatic carbocycles. The second-order valence-corrected chi connectivity index (χ2v) is 2.51. The SMILES string of the molecule is C#CC1(N)CC(F)(F)C1. The van der Waals surface area contributed by atoms with E-state index in [0.29, 0.717) is 0 Å². The number of hydrogen-bond acceptors (Lipinski definition) is 1. The molecule has 1 nitrogen and oxygen atoms in total. The minimum Gasteiger partial charge on any atom is -0.315 e. The van der Waals surface area contributed by atoms with E-state index in [1.807, 2.05) is 0 Å². The van der Waals surface area contributed by atoms with E-state index in [9.17, 15) is 8.78 Å². The van der Waals surface area contributed by atoms with E-state index < -0.39 is 11.5 Å². The van der Waals surface area contributed by atoms with Crippen molar-refractivity contribution in [2.75, 3.05) is 0 Å². The Kier molecular flexibility index (Phi) is 1.05. The van der Waals surface area contributed by atoms with Crippen LogP contribution in [0.25, 0.3) is 0 Å². The van der Waals surface area contributed by atoms with E-state index in [2.05, 4.69) is 5.92 Å². The van der Waals surface area contributed by atoms with E-state index in [1.165, 1.54) is 0 Å². The molecule has 0 radical (unpaired) electrons. The van der Waals surface area contributed by atoms with Gasteiger partial charge in [0.15, 0.2) is 0 Å². The predicted octanol–water partition coefficient (Wildman–Crippen LogP) is 0.746. The molecule has 2 N–H and O–H groups in total. The molecule has 0 aromatic rings. The highest BCUT2D eigenvalue weighted by Gasteiger charge is 2.53. The van der Waals surface area contributed by atoms with Gasteiger partial charge in [-0.3, -0.25) is 0 Å². The van der Waals surface area contributed by atoms with Gasteiger partial charge in [-0.2, -0.15) is 0 Å². The molecular formula is C6H7F2N. The highest BCUT2D eigenvalue weighted by Crippen LogP contribution is 2.43. The van der Waals surface area contributed by atoms with E-state index in [1.54, 1.807) is 0 Å². The van der Waals surface area contributed by atoms with E-state index in [-0.39, 0.29) is 12.8 Å². The second-order valence-electron chi connectivity index (χ2n) is 2.51. The van der Waals surface area contributed by atoms with Crippen molar-refractivity contribution < 1.29 is 8.78 Å². The second kappa shape index (κ2) is 1.45. The van der Waals surface area contributed by atoms with Gasteiger partial charge in [-0.15, -0.1) is 6.42 Å². The summed E-state index contributed by atoms with van der Waals surface area (Å²) in [7, 11) is 0. The van der Waals surface area contributed by atoms with Gasteiger partial charge in [-0.25, -0.2) is 8.78 Å². The average Bonchev–Trinajstić information content (AvgIpc) is 1.61. The largest absolute Gasteiger partial charge is 0.315 e. The van der Waals surface area contributed by atoms with Crippen molar-refractivity contribution in [3.63, 3.8) is 0 Å². The van der Waals surface area contributed by atoms with Gasteiger partial charge in [0.1, 0.15) is 0 Å². The normalized spacial score (nSPS) is 28.2. The molecule has 1 rings (SSSR count). The van der Waals surface area contributed by atoms with Crippen molar-refractivity contribution >= 4 is 0 Å². The first-order valence-electron chi connectivity index (χ1n) is 2.62. The third-order valence-electron chi connectivity index (χ3n) is 1.44. The summed E-state index contributed by atoms with van der Waals surface area (Å²) in [6, 6.07) is 0. The van der Waals surface area contributed by atoms with Crippen molar-refractivity contribution in [1.29, 1.82) is 0 Å². The summed E-state index contributed by atoms with van der Waals surface area (Å²) in [5, 5.41) is 0. The molecular weight excluding hydrogens is 124 g/mol. The molecule has 1 aliphatic rings. The van der Waals surface area contributed by atoms with Gasteiger partial charge in [0.05, 0.1) is 5.54 Å². The first-order valence-corrected chi connectivity index (χ1v) is 2.62. The lowest BCUT2D eigenvalue weighted by atomic mass is 9.75. The Morgan fingerprint density at radius 1 is 1.44 bits per heavy atom. The summed E-state index contributed by atoms with van der Waals surface area (Å²) in [5.41, 5.74) is 4.24. The molecule has 0 aliphatic heterocycles. The number of halogens is 2. The smallest absolute Gasteiger partial charge is 0.253 e. The van der Waals surface area contributed by atoms with Crippen molar-refractivity contribution in [2.45, 2.75) is 24.3 Å². The fraction of sp³-hybridized carbons (Fsp3) is 0.667. The van der Waals surface area contributed by atoms with Crippen LogP contribution in [0, 0.1) is 12.3 Å². The van der Waals surface area contributed by atoms with Crippen LogP contribution < -0.4 is 5.73 Å². The molecule has 0 unspecified atom stereocenters. The Balaban J connectivity index is 2.54. The number of nitrogens with two attached hydrogens (primary N) is 1. The van der Waals surface area contributed by atoms with Gasteiger partial charge in [0.2, 0.25) is 0 Å². The van der Waals surface area contributed by atoms with Crippen LogP contribution in [0.1, 0.15) is 12.8 Å². The first-order chi connectivity index (χ1) is 3.97. The fourth-order valence-corrected chi connectivity index (χ4v) is 0.973. The number of rotatable bonds is 0. The van der Waals surface area contributed by atoms with Gasteiger partial charge in [-0.05, 0) is 0 Å². The Morgan fingerprint density at radius 2 is 1.89 bits per heavy atom. The van der Waals surface area contributed by atoms with Crippen LogP contribution in [-0.4, -0.2) is 11.5 Å². The van der Waals surface area contributed by atoms with Crippen LogP contribution in [0.3, 0.4) is 0 Å². The molecule has 0 saturated heterocycles. The third kappa shape index (κ3) is 1.03. The average molecular weight is 131 g/mol. The molecule has 50 valence electrons. The molecule has 0 aromatic heterocycles. The standard InChI is InChI=1S/C6H7F2N/c1-2-5(9)3-6(7,8)4-5/h1H,3-4,9H2. The minimum atomic E-state index is -2.61. The van der Waals surface area contributed by atoms with Crippen LogP contribution in [0.2, 0.25) is 0 Å². The van der Waals surface area contributed by atoms with Gasteiger partial charge in [-0.1, -0.05) is 5.92 Å². The Morgan fingerprint density at radius 3 is 2.00 bits per heavy atom. The predicted molar refractivity (Wildman–Crippen MR) is 29.9 cm³/mol. The van der Waals surface area contributed by atoms with Crippen LogP contribution in [-0.2, 0) is 0 Å². The summed E-state index contributed by atoms with van der Waals surface area (Å²) in [6.07, 6.45) is 4.15. The van der Waals surface area contributed by atoms with E-state index >= 15 is 0 Å². The first kappa shape index (κ1) is 6.50. The van der Waals surface area contributed by atoms with Gasteiger partial charge in [0.25, 0.3) is 5.92 Å². The van der Waals surface area contributed by atoms with Crippen molar-refractivity contribution in [3.8, 4) is 12.3 Å². The molecule has 0 atom stereocenters. The maximum Gasteiger partial charge on any atom is 0.253 e. The van der Waals surface area contributed by atoms with Crippen molar-refractivity contribution in [1.82, 2.24) is 0 Å². The van der Waals surface area contributed by atoms with E-state index in [4.69, 9.17) is 12.2 Å². The van der Waals surface area contributed by atoms with Crippen molar-refractivity contribution in [3.05, 3.63) is 0 Å². The molecule has 9 heavy (non-hydrogen) atoms. The zero-order valence-electron chi connectivity index (χ0n) is 4.82. The summed E-state index contributed by atoms with van der Waals surface area (Å²) < 4.78 is 24.1. The Labute approximate surface area is 52.2 Å². The number of terminal acetylenes is 1. The van der Waals surface area contributed by atoms with Gasteiger partial charge in [0, 0.05) is 12.8 Å². The molecule has 1 saturated carbocycles. The van der Waals surface area contributed by atoms with Crippen LogP contribution in [0.15, 0.2) is 0 Å². The highest BCUT2D eigenvalue weighted by atomic mass is 19.3. The summed E-state index contributed by atoms with van der Waals surface area (Å²) in [5.74, 6) is -0.479. The zero-order valence-corrected chi connectivity index (χ0v) is 4.82. The maximum atomic E-state index is 12.0. The molecule has 1 fully saturated rings. The highest BCUT2D eigenvalue weighted by molar-refractivity contribution is 5.20. The van der Waals surface area contributed by atoms with E-state index in [0.717, 1.165) is 0 Å². The lowest BCUT2D eigenvalue weighted by molar-refractivity contribution is -0.104.